The van der Waals surface area contributed by atoms with Crippen LogP contribution in [0, 0.1) is 0 Å². The van der Waals surface area contributed by atoms with Crippen molar-refractivity contribution in [3.63, 3.8) is 0 Å². The number of hydrogen-bond acceptors (Lipinski definition) is 2. The first-order valence-corrected chi connectivity index (χ1v) is 9.50. The van der Waals surface area contributed by atoms with Gasteiger partial charge in [0.2, 0.25) is 0 Å². The van der Waals surface area contributed by atoms with E-state index in [9.17, 15) is 4.79 Å². The van der Waals surface area contributed by atoms with E-state index in [1.807, 2.05) is 91.0 Å². The lowest BCUT2D eigenvalue weighted by molar-refractivity contribution is 0.104. The molecule has 0 saturated heterocycles. The molecule has 1 N–H and O–H groups in total. The summed E-state index contributed by atoms with van der Waals surface area (Å²) in [4.78, 5) is 13.1. The fourth-order valence-electron chi connectivity index (χ4n) is 3.82. The van der Waals surface area contributed by atoms with Crippen LogP contribution in [0.5, 0.6) is 0 Å². The highest BCUT2D eigenvalue weighted by Gasteiger charge is 2.29. The second-order valence-corrected chi connectivity index (χ2v) is 7.16. The average molecular weight is 382 g/mol. The Hall–Kier alpha value is -3.36. The van der Waals surface area contributed by atoms with E-state index in [1.165, 1.54) is 0 Å². The fraction of sp³-hybridized carbons (Fsp3) is 0. The lowest BCUT2D eigenvalue weighted by Gasteiger charge is -2.16. The Labute approximate surface area is 168 Å². The molecule has 3 heteroatoms. The third kappa shape index (κ3) is 2.62. The number of fused-ring (bicyclic) bond motifs is 3. The highest BCUT2D eigenvalue weighted by atomic mass is 35.5. The number of nitrogens with one attached hydrogen (secondary N) is 1. The van der Waals surface area contributed by atoms with Crippen molar-refractivity contribution in [2.75, 3.05) is 5.32 Å². The van der Waals surface area contributed by atoms with Crippen LogP contribution in [-0.4, -0.2) is 5.78 Å². The second kappa shape index (κ2) is 6.66. The van der Waals surface area contributed by atoms with Gasteiger partial charge in [0.1, 0.15) is 0 Å². The van der Waals surface area contributed by atoms with Crippen LogP contribution in [0.25, 0.3) is 22.3 Å². The van der Waals surface area contributed by atoms with E-state index in [-0.39, 0.29) is 5.78 Å². The molecular formula is C25H16ClNO. The summed E-state index contributed by atoms with van der Waals surface area (Å²) in [5.74, 6) is 0.0435. The zero-order valence-corrected chi connectivity index (χ0v) is 15.7. The highest BCUT2D eigenvalue weighted by Crippen LogP contribution is 2.43. The smallest absolute Gasteiger partial charge is 0.196 e. The van der Waals surface area contributed by atoms with Crippen molar-refractivity contribution in [2.45, 2.75) is 0 Å². The molecule has 0 unspecified atom stereocenters. The molecule has 0 radical (unpaired) electrons. The topological polar surface area (TPSA) is 29.1 Å². The molecule has 0 amide bonds. The molecule has 0 bridgehead atoms. The van der Waals surface area contributed by atoms with Crippen LogP contribution in [0.4, 0.5) is 11.4 Å². The van der Waals surface area contributed by atoms with Crippen molar-refractivity contribution in [3.8, 4) is 22.3 Å². The summed E-state index contributed by atoms with van der Waals surface area (Å²) in [5, 5.41) is 4.07. The van der Waals surface area contributed by atoms with Crippen LogP contribution in [0.1, 0.15) is 15.9 Å². The SMILES string of the molecule is O=C1c2ccccc2-c2cccc(Nc3c(Cl)cccc3-c3ccccc3)c21. The fourth-order valence-corrected chi connectivity index (χ4v) is 4.04. The van der Waals surface area contributed by atoms with Gasteiger partial charge in [0, 0.05) is 11.1 Å². The summed E-state index contributed by atoms with van der Waals surface area (Å²) in [6, 6.07) is 29.5. The molecule has 5 rings (SSSR count). The number of carbonyl (C=O) groups is 1. The molecule has 1 aliphatic carbocycles. The zero-order chi connectivity index (χ0) is 19.1. The number of ketones is 1. The quantitative estimate of drug-likeness (QED) is 0.366. The molecule has 0 atom stereocenters. The summed E-state index contributed by atoms with van der Waals surface area (Å²) >= 11 is 6.56. The third-order valence-corrected chi connectivity index (χ3v) is 5.43. The van der Waals surface area contributed by atoms with Gasteiger partial charge in [-0.1, -0.05) is 90.5 Å². The number of benzene rings is 4. The standard InChI is InChI=1S/C25H16ClNO/c26-21-14-6-12-17(16-8-2-1-3-9-16)24(21)27-22-15-7-13-19-18-10-4-5-11-20(18)25(28)23(19)22/h1-15,27H. The maximum absolute atomic E-state index is 13.1. The molecule has 4 aromatic rings. The molecule has 1 aliphatic rings. The van der Waals surface area contributed by atoms with Crippen molar-refractivity contribution in [1.29, 1.82) is 0 Å². The molecular weight excluding hydrogens is 366 g/mol. The molecule has 4 aromatic carbocycles. The van der Waals surface area contributed by atoms with E-state index >= 15 is 0 Å². The summed E-state index contributed by atoms with van der Waals surface area (Å²) in [6.07, 6.45) is 0. The number of carbonyl (C=O) groups excluding carboxylic acids is 1. The van der Waals surface area contributed by atoms with E-state index in [0.717, 1.165) is 39.2 Å². The molecule has 28 heavy (non-hydrogen) atoms. The monoisotopic (exact) mass is 381 g/mol. The first kappa shape index (κ1) is 16.8. The van der Waals surface area contributed by atoms with Gasteiger partial charge in [0.25, 0.3) is 0 Å². The van der Waals surface area contributed by atoms with E-state index in [4.69, 9.17) is 11.6 Å². The van der Waals surface area contributed by atoms with E-state index < -0.39 is 0 Å². The van der Waals surface area contributed by atoms with Gasteiger partial charge in [0.15, 0.2) is 5.78 Å². The van der Waals surface area contributed by atoms with Gasteiger partial charge in [-0.3, -0.25) is 4.79 Å². The number of halogens is 1. The Bertz CT molecular complexity index is 1210. The summed E-state index contributed by atoms with van der Waals surface area (Å²) in [5.41, 5.74) is 7.00. The molecule has 0 heterocycles. The van der Waals surface area contributed by atoms with Crippen LogP contribution < -0.4 is 5.32 Å². The molecule has 0 aromatic heterocycles. The summed E-state index contributed by atoms with van der Waals surface area (Å²) in [6.45, 7) is 0. The molecule has 2 nitrogen and oxygen atoms in total. The Morgan fingerprint density at radius 3 is 2.07 bits per heavy atom. The number of hydrogen-bond donors (Lipinski definition) is 1. The van der Waals surface area contributed by atoms with E-state index in [1.54, 1.807) is 0 Å². The zero-order valence-electron chi connectivity index (χ0n) is 14.9. The van der Waals surface area contributed by atoms with Crippen LogP contribution in [0.3, 0.4) is 0 Å². The van der Waals surface area contributed by atoms with Crippen LogP contribution in [0.2, 0.25) is 5.02 Å². The van der Waals surface area contributed by atoms with Gasteiger partial charge >= 0.3 is 0 Å². The van der Waals surface area contributed by atoms with Crippen molar-refractivity contribution < 1.29 is 4.79 Å². The predicted molar refractivity (Wildman–Crippen MR) is 115 cm³/mol. The lowest BCUT2D eigenvalue weighted by Crippen LogP contribution is -2.02. The van der Waals surface area contributed by atoms with Gasteiger partial charge in [-0.05, 0) is 28.8 Å². The molecule has 0 aliphatic heterocycles. The van der Waals surface area contributed by atoms with Crippen molar-refractivity contribution in [1.82, 2.24) is 0 Å². The summed E-state index contributed by atoms with van der Waals surface area (Å²) < 4.78 is 0. The Morgan fingerprint density at radius 2 is 1.25 bits per heavy atom. The Balaban J connectivity index is 1.65. The maximum atomic E-state index is 13.1. The first-order valence-electron chi connectivity index (χ1n) is 9.12. The maximum Gasteiger partial charge on any atom is 0.196 e. The van der Waals surface area contributed by atoms with Crippen LogP contribution >= 0.6 is 11.6 Å². The minimum absolute atomic E-state index is 0.0435. The predicted octanol–water partition coefficient (Wildman–Crippen LogP) is 6.96. The Morgan fingerprint density at radius 1 is 0.607 bits per heavy atom. The molecule has 0 spiro atoms. The van der Waals surface area contributed by atoms with Crippen molar-refractivity contribution in [3.05, 3.63) is 107 Å². The highest BCUT2D eigenvalue weighted by molar-refractivity contribution is 6.34. The van der Waals surface area contributed by atoms with E-state index in [2.05, 4.69) is 5.32 Å². The second-order valence-electron chi connectivity index (χ2n) is 6.76. The number of rotatable bonds is 3. The summed E-state index contributed by atoms with van der Waals surface area (Å²) in [7, 11) is 0. The molecule has 134 valence electrons. The van der Waals surface area contributed by atoms with Gasteiger partial charge in [-0.2, -0.15) is 0 Å². The van der Waals surface area contributed by atoms with Gasteiger partial charge < -0.3 is 5.32 Å². The number of anilines is 2. The normalized spacial score (nSPS) is 11.8. The minimum atomic E-state index is 0.0435. The van der Waals surface area contributed by atoms with Gasteiger partial charge in [0.05, 0.1) is 22.0 Å². The third-order valence-electron chi connectivity index (χ3n) is 5.11. The van der Waals surface area contributed by atoms with Gasteiger partial charge in [-0.25, -0.2) is 0 Å². The van der Waals surface area contributed by atoms with Gasteiger partial charge in [-0.15, -0.1) is 0 Å². The minimum Gasteiger partial charge on any atom is -0.353 e. The number of para-hydroxylation sites is 1. The largest absolute Gasteiger partial charge is 0.353 e. The Kier molecular flexibility index (Phi) is 4.00. The van der Waals surface area contributed by atoms with Crippen molar-refractivity contribution >= 4 is 28.8 Å². The average Bonchev–Trinajstić information content (AvgIpc) is 3.04. The first-order chi connectivity index (χ1) is 13.7. The van der Waals surface area contributed by atoms with Crippen LogP contribution in [0.15, 0.2) is 91.0 Å². The molecule has 0 saturated carbocycles. The lowest BCUT2D eigenvalue weighted by atomic mass is 10.0. The van der Waals surface area contributed by atoms with Crippen molar-refractivity contribution in [2.24, 2.45) is 0 Å². The molecule has 0 fully saturated rings. The van der Waals surface area contributed by atoms with Crippen LogP contribution in [-0.2, 0) is 0 Å². The van der Waals surface area contributed by atoms with E-state index in [0.29, 0.717) is 10.6 Å².